The van der Waals surface area contributed by atoms with Crippen LogP contribution in [0, 0.1) is 10.1 Å². The number of nitro groups is 1. The third-order valence-electron chi connectivity index (χ3n) is 3.73. The van der Waals surface area contributed by atoms with E-state index < -0.39 is 28.9 Å². The fraction of sp³-hybridized carbons (Fsp3) is 0.125. The van der Waals surface area contributed by atoms with Crippen LogP contribution in [0.2, 0.25) is 0 Å². The van der Waals surface area contributed by atoms with Gasteiger partial charge in [0.25, 0.3) is 5.69 Å². The molecule has 0 saturated carbocycles. The highest BCUT2D eigenvalue weighted by molar-refractivity contribution is 5.96. The summed E-state index contributed by atoms with van der Waals surface area (Å²) in [6.07, 6.45) is -0.977. The molecule has 1 aliphatic rings. The van der Waals surface area contributed by atoms with Crippen LogP contribution in [0.25, 0.3) is 0 Å². The Kier molecular flexibility index (Phi) is 3.53. The maximum absolute atomic E-state index is 12.2. The molecule has 2 aromatic carbocycles. The molecule has 1 N–H and O–H groups in total. The van der Waals surface area contributed by atoms with Gasteiger partial charge >= 0.3 is 11.9 Å². The number of carboxylic acid groups (broad SMARTS) is 1. The largest absolute Gasteiger partial charge is 0.481 e. The lowest BCUT2D eigenvalue weighted by Crippen LogP contribution is -2.31. The van der Waals surface area contributed by atoms with Crippen molar-refractivity contribution in [3.8, 4) is 0 Å². The second-order valence-electron chi connectivity index (χ2n) is 5.08. The van der Waals surface area contributed by atoms with Crippen LogP contribution in [0.3, 0.4) is 0 Å². The van der Waals surface area contributed by atoms with E-state index >= 15 is 0 Å². The quantitative estimate of drug-likeness (QED) is 0.530. The monoisotopic (exact) mass is 313 g/mol. The van der Waals surface area contributed by atoms with Crippen molar-refractivity contribution >= 4 is 17.6 Å². The van der Waals surface area contributed by atoms with Gasteiger partial charge in [-0.2, -0.15) is 0 Å². The van der Waals surface area contributed by atoms with Crippen molar-refractivity contribution in [2.75, 3.05) is 0 Å². The number of cyclic esters (lactones) is 1. The Morgan fingerprint density at radius 1 is 1.17 bits per heavy atom. The first-order valence-electron chi connectivity index (χ1n) is 6.76. The average Bonchev–Trinajstić information content (AvgIpc) is 2.54. The number of ether oxygens (including phenoxy) is 1. The summed E-state index contributed by atoms with van der Waals surface area (Å²) >= 11 is 0. The summed E-state index contributed by atoms with van der Waals surface area (Å²) in [5.74, 6) is -3.05. The first-order valence-corrected chi connectivity index (χ1v) is 6.76. The highest BCUT2D eigenvalue weighted by atomic mass is 16.6. The summed E-state index contributed by atoms with van der Waals surface area (Å²) < 4.78 is 5.27. The smallest absolute Gasteiger partial charge is 0.339 e. The van der Waals surface area contributed by atoms with Crippen LogP contribution in [-0.2, 0) is 9.53 Å². The Hall–Kier alpha value is -3.22. The summed E-state index contributed by atoms with van der Waals surface area (Å²) in [6, 6.07) is 12.1. The van der Waals surface area contributed by atoms with Crippen LogP contribution in [0.1, 0.15) is 33.5 Å². The van der Waals surface area contributed by atoms with Crippen LogP contribution in [0.5, 0.6) is 0 Å². The maximum Gasteiger partial charge on any atom is 0.339 e. The predicted octanol–water partition coefficient (Wildman–Crippen LogP) is 2.67. The summed E-state index contributed by atoms with van der Waals surface area (Å²) in [5, 5.41) is 20.4. The number of esters is 1. The van der Waals surface area contributed by atoms with Gasteiger partial charge in [-0.1, -0.05) is 36.4 Å². The third-order valence-corrected chi connectivity index (χ3v) is 3.73. The van der Waals surface area contributed by atoms with E-state index in [1.54, 1.807) is 30.3 Å². The molecule has 0 aliphatic carbocycles. The SMILES string of the molecule is O=C1OC(c2ccccc2)C(C(=O)O)c2ccc([N+](=O)[O-])cc21. The van der Waals surface area contributed by atoms with E-state index in [1.165, 1.54) is 12.1 Å². The molecule has 0 radical (unpaired) electrons. The normalized spacial score (nSPS) is 19.6. The molecule has 0 bridgehead atoms. The van der Waals surface area contributed by atoms with Crippen molar-refractivity contribution in [1.82, 2.24) is 0 Å². The summed E-state index contributed by atoms with van der Waals surface area (Å²) in [5.41, 5.74) is 0.396. The van der Waals surface area contributed by atoms with Gasteiger partial charge in [-0.3, -0.25) is 14.9 Å². The number of carbonyl (C=O) groups is 2. The molecule has 116 valence electrons. The number of carbonyl (C=O) groups excluding carboxylic acids is 1. The van der Waals surface area contributed by atoms with Crippen LogP contribution in [0.4, 0.5) is 5.69 Å². The topological polar surface area (TPSA) is 107 Å². The third kappa shape index (κ3) is 2.52. The van der Waals surface area contributed by atoms with Crippen LogP contribution < -0.4 is 0 Å². The number of hydrogen-bond donors (Lipinski definition) is 1. The van der Waals surface area contributed by atoms with Gasteiger partial charge in [0.05, 0.1) is 10.5 Å². The minimum Gasteiger partial charge on any atom is -0.481 e. The Balaban J connectivity index is 2.14. The molecule has 7 nitrogen and oxygen atoms in total. The zero-order chi connectivity index (χ0) is 16.6. The van der Waals surface area contributed by atoms with E-state index in [4.69, 9.17) is 4.74 Å². The first-order chi connectivity index (χ1) is 11.0. The van der Waals surface area contributed by atoms with E-state index in [-0.39, 0.29) is 16.8 Å². The highest BCUT2D eigenvalue weighted by Crippen LogP contribution is 2.41. The van der Waals surface area contributed by atoms with E-state index in [0.717, 1.165) is 6.07 Å². The van der Waals surface area contributed by atoms with Gasteiger partial charge in [-0.25, -0.2) is 4.79 Å². The van der Waals surface area contributed by atoms with E-state index in [0.29, 0.717) is 5.56 Å². The maximum atomic E-state index is 12.2. The minimum atomic E-state index is -1.17. The van der Waals surface area contributed by atoms with Crippen LogP contribution >= 0.6 is 0 Å². The van der Waals surface area contributed by atoms with Crippen molar-refractivity contribution in [2.24, 2.45) is 0 Å². The lowest BCUT2D eigenvalue weighted by atomic mass is 9.84. The number of nitro benzene ring substituents is 1. The molecule has 1 aliphatic heterocycles. The standard InChI is InChI=1S/C16H11NO6/c18-15(19)13-11-7-6-10(17(21)22)8-12(11)16(20)23-14(13)9-4-2-1-3-5-9/h1-8,13-14H,(H,18,19). The molecule has 23 heavy (non-hydrogen) atoms. The van der Waals surface area contributed by atoms with Crippen LogP contribution in [-0.4, -0.2) is 22.0 Å². The molecule has 2 aromatic rings. The molecule has 0 aromatic heterocycles. The number of hydrogen-bond acceptors (Lipinski definition) is 5. The average molecular weight is 313 g/mol. The fourth-order valence-electron chi connectivity index (χ4n) is 2.68. The number of rotatable bonds is 3. The second-order valence-corrected chi connectivity index (χ2v) is 5.08. The van der Waals surface area contributed by atoms with Gasteiger partial charge in [-0.15, -0.1) is 0 Å². The molecular weight excluding hydrogens is 302 g/mol. The Morgan fingerprint density at radius 2 is 1.87 bits per heavy atom. The van der Waals surface area contributed by atoms with E-state index in [1.807, 2.05) is 0 Å². The van der Waals surface area contributed by atoms with Crippen molar-refractivity contribution in [1.29, 1.82) is 0 Å². The Bertz CT molecular complexity index is 801. The van der Waals surface area contributed by atoms with Gasteiger partial charge in [0.2, 0.25) is 0 Å². The molecule has 0 saturated heterocycles. The van der Waals surface area contributed by atoms with Crippen molar-refractivity contribution in [2.45, 2.75) is 12.0 Å². The van der Waals surface area contributed by atoms with Gasteiger partial charge in [0.15, 0.2) is 0 Å². The van der Waals surface area contributed by atoms with Crippen molar-refractivity contribution < 1.29 is 24.4 Å². The zero-order valence-electron chi connectivity index (χ0n) is 11.7. The Labute approximate surface area is 130 Å². The molecule has 0 amide bonds. The van der Waals surface area contributed by atoms with Crippen molar-refractivity contribution in [3.63, 3.8) is 0 Å². The molecule has 7 heteroatoms. The van der Waals surface area contributed by atoms with Gasteiger partial charge in [-0.05, 0) is 11.1 Å². The van der Waals surface area contributed by atoms with Crippen molar-refractivity contribution in [3.05, 3.63) is 75.3 Å². The lowest BCUT2D eigenvalue weighted by Gasteiger charge is -2.30. The number of carboxylic acids is 1. The van der Waals surface area contributed by atoms with E-state index in [2.05, 4.69) is 0 Å². The summed E-state index contributed by atoms with van der Waals surface area (Å²) in [4.78, 5) is 34.1. The number of fused-ring (bicyclic) bond motifs is 1. The molecule has 0 spiro atoms. The zero-order valence-corrected chi connectivity index (χ0v) is 11.7. The first kappa shape index (κ1) is 14.7. The van der Waals surface area contributed by atoms with Crippen LogP contribution in [0.15, 0.2) is 48.5 Å². The lowest BCUT2D eigenvalue weighted by molar-refractivity contribution is -0.384. The van der Waals surface area contributed by atoms with Gasteiger partial charge in [0.1, 0.15) is 12.0 Å². The summed E-state index contributed by atoms with van der Waals surface area (Å²) in [7, 11) is 0. The molecular formula is C16H11NO6. The van der Waals surface area contributed by atoms with Gasteiger partial charge < -0.3 is 9.84 Å². The fourth-order valence-corrected chi connectivity index (χ4v) is 2.68. The molecule has 0 fully saturated rings. The molecule has 1 heterocycles. The number of non-ortho nitro benzene ring substituents is 1. The molecule has 2 atom stereocenters. The van der Waals surface area contributed by atoms with Gasteiger partial charge in [0, 0.05) is 12.1 Å². The summed E-state index contributed by atoms with van der Waals surface area (Å²) in [6.45, 7) is 0. The minimum absolute atomic E-state index is 0.0845. The second kappa shape index (κ2) is 5.53. The molecule has 3 rings (SSSR count). The number of aliphatic carboxylic acids is 1. The Morgan fingerprint density at radius 3 is 2.48 bits per heavy atom. The predicted molar refractivity (Wildman–Crippen MR) is 78.1 cm³/mol. The number of nitrogens with zero attached hydrogens (tertiary/aromatic N) is 1. The highest BCUT2D eigenvalue weighted by Gasteiger charge is 2.41. The van der Waals surface area contributed by atoms with E-state index in [9.17, 15) is 24.8 Å². The number of benzene rings is 2. The molecule has 2 unspecified atom stereocenters.